The van der Waals surface area contributed by atoms with Crippen LogP contribution in [0.25, 0.3) is 0 Å². The van der Waals surface area contributed by atoms with Gasteiger partial charge in [0.05, 0.1) is 6.61 Å². The van der Waals surface area contributed by atoms with Crippen molar-refractivity contribution in [1.82, 2.24) is 0 Å². The van der Waals surface area contributed by atoms with Gasteiger partial charge in [0.15, 0.2) is 23.9 Å². The van der Waals surface area contributed by atoms with Crippen molar-refractivity contribution in [1.29, 1.82) is 0 Å². The maximum absolute atomic E-state index is 12.9. The Labute approximate surface area is 201 Å². The Morgan fingerprint density at radius 2 is 1.85 bits per heavy atom. The van der Waals surface area contributed by atoms with E-state index in [1.807, 2.05) is 13.8 Å². The molecule has 0 amide bonds. The second-order valence-corrected chi connectivity index (χ2v) is 9.18. The molecule has 2 atom stereocenters. The van der Waals surface area contributed by atoms with E-state index in [-0.39, 0.29) is 23.8 Å². The van der Waals surface area contributed by atoms with Crippen LogP contribution in [0.15, 0.2) is 30.6 Å². The van der Waals surface area contributed by atoms with E-state index in [9.17, 15) is 13.6 Å². The van der Waals surface area contributed by atoms with Gasteiger partial charge in [0.25, 0.3) is 0 Å². The molecule has 0 aliphatic heterocycles. The average molecular weight is 504 g/mol. The number of benzene rings is 1. The van der Waals surface area contributed by atoms with Crippen LogP contribution in [0.3, 0.4) is 0 Å². The van der Waals surface area contributed by atoms with E-state index < -0.39 is 24.7 Å². The van der Waals surface area contributed by atoms with E-state index in [1.54, 1.807) is 12.4 Å². The Kier molecular flexibility index (Phi) is 8.73. The third-order valence-corrected chi connectivity index (χ3v) is 6.04. The number of esters is 1. The molecule has 0 bridgehead atoms. The SMILES string of the molecule is CC(C)[C@H](N)C(=O)O[C@@H](Cc1c(Cl)c[nH+]cc1Cl)c1ccc(OC(F)F)c(OCC2CC2)c1. The molecule has 3 rings (SSSR count). The molecule has 1 heterocycles. The van der Waals surface area contributed by atoms with Crippen LogP contribution in [-0.2, 0) is 16.0 Å². The molecule has 33 heavy (non-hydrogen) atoms. The number of nitrogens with one attached hydrogen (secondary N) is 1. The molecular formula is C23H27Cl2F2N2O4+. The number of ether oxygens (including phenoxy) is 3. The molecule has 0 unspecified atom stereocenters. The Bertz CT molecular complexity index is 953. The van der Waals surface area contributed by atoms with Crippen molar-refractivity contribution in [2.24, 2.45) is 17.6 Å². The highest BCUT2D eigenvalue weighted by Crippen LogP contribution is 2.37. The lowest BCUT2D eigenvalue weighted by Crippen LogP contribution is -2.38. The predicted molar refractivity (Wildman–Crippen MR) is 120 cm³/mol. The molecule has 0 saturated heterocycles. The van der Waals surface area contributed by atoms with Crippen LogP contribution in [0.4, 0.5) is 8.78 Å². The van der Waals surface area contributed by atoms with E-state index in [0.29, 0.717) is 33.7 Å². The molecule has 180 valence electrons. The van der Waals surface area contributed by atoms with Crippen molar-refractivity contribution in [3.8, 4) is 11.5 Å². The number of hydrogen-bond acceptors (Lipinski definition) is 5. The minimum atomic E-state index is -3.00. The fourth-order valence-electron chi connectivity index (χ4n) is 3.10. The van der Waals surface area contributed by atoms with Crippen LogP contribution < -0.4 is 20.2 Å². The summed E-state index contributed by atoms with van der Waals surface area (Å²) in [5, 5.41) is 0.721. The molecule has 3 N–H and O–H groups in total. The number of halogens is 4. The van der Waals surface area contributed by atoms with Gasteiger partial charge in [-0.1, -0.05) is 43.1 Å². The Morgan fingerprint density at radius 1 is 1.18 bits per heavy atom. The van der Waals surface area contributed by atoms with Gasteiger partial charge in [-0.05, 0) is 42.4 Å². The zero-order chi connectivity index (χ0) is 24.1. The van der Waals surface area contributed by atoms with Crippen molar-refractivity contribution in [3.63, 3.8) is 0 Å². The summed E-state index contributed by atoms with van der Waals surface area (Å²) in [6.45, 7) is 0.997. The summed E-state index contributed by atoms with van der Waals surface area (Å²) in [5.74, 6) is -0.297. The molecule has 6 nitrogen and oxygen atoms in total. The van der Waals surface area contributed by atoms with Crippen LogP contribution >= 0.6 is 23.2 Å². The van der Waals surface area contributed by atoms with Crippen molar-refractivity contribution in [2.75, 3.05) is 6.61 Å². The number of carbonyl (C=O) groups is 1. The minimum Gasteiger partial charge on any atom is -0.489 e. The number of carbonyl (C=O) groups excluding carboxylic acids is 1. The van der Waals surface area contributed by atoms with E-state index in [2.05, 4.69) is 9.72 Å². The van der Waals surface area contributed by atoms with Crippen molar-refractivity contribution < 1.29 is 32.8 Å². The lowest BCUT2D eigenvalue weighted by Gasteiger charge is -2.23. The van der Waals surface area contributed by atoms with Gasteiger partial charge >= 0.3 is 12.6 Å². The highest BCUT2D eigenvalue weighted by Gasteiger charge is 2.28. The van der Waals surface area contributed by atoms with Crippen molar-refractivity contribution in [2.45, 2.75) is 51.9 Å². The second-order valence-electron chi connectivity index (χ2n) is 8.37. The summed E-state index contributed by atoms with van der Waals surface area (Å²) in [4.78, 5) is 15.5. The largest absolute Gasteiger partial charge is 0.489 e. The number of nitrogens with two attached hydrogens (primary N) is 1. The summed E-state index contributed by atoms with van der Waals surface area (Å²) in [5.41, 5.74) is 7.04. The first kappa shape index (κ1) is 25.5. The maximum Gasteiger partial charge on any atom is 0.387 e. The predicted octanol–water partition coefficient (Wildman–Crippen LogP) is 5.01. The first-order chi connectivity index (χ1) is 15.7. The van der Waals surface area contributed by atoms with Gasteiger partial charge < -0.3 is 19.9 Å². The molecule has 2 aromatic rings. The molecule has 10 heteroatoms. The highest BCUT2D eigenvalue weighted by atomic mass is 35.5. The van der Waals surface area contributed by atoms with Gasteiger partial charge in [-0.25, -0.2) is 4.98 Å². The normalized spacial score (nSPS) is 15.4. The number of aromatic nitrogens is 1. The first-order valence-corrected chi connectivity index (χ1v) is 11.4. The molecule has 1 aliphatic rings. The summed E-state index contributed by atoms with van der Waals surface area (Å²) in [6.07, 6.45) is 4.47. The summed E-state index contributed by atoms with van der Waals surface area (Å²) in [7, 11) is 0. The Balaban J connectivity index is 1.95. The molecule has 1 aromatic heterocycles. The van der Waals surface area contributed by atoms with Crippen LogP contribution in [0.2, 0.25) is 10.0 Å². The Hall–Kier alpha value is -2.16. The molecule has 1 aromatic carbocycles. The van der Waals surface area contributed by atoms with E-state index in [0.717, 1.165) is 12.8 Å². The van der Waals surface area contributed by atoms with Gasteiger partial charge in [0, 0.05) is 12.0 Å². The quantitative estimate of drug-likeness (QED) is 0.435. The standard InChI is InChI=1S/C23H26Cl2F2N2O4/c1-12(2)21(28)22(30)32-19(8-15-16(24)9-29-10-17(15)25)14-5-6-18(33-23(26)27)20(7-14)31-11-13-3-4-13/h5-7,9-10,12-13,19,21,23H,3-4,8,11,28H2,1-2H3/p+1/t19-,21-/m0/s1. The number of H-pyrrole nitrogens is 1. The smallest absolute Gasteiger partial charge is 0.387 e. The number of alkyl halides is 2. The fraction of sp³-hybridized carbons (Fsp3) is 0.478. The van der Waals surface area contributed by atoms with Crippen LogP contribution in [0.1, 0.15) is 43.9 Å². The number of pyridine rings is 1. The molecule has 1 fully saturated rings. The van der Waals surface area contributed by atoms with Gasteiger partial charge in [-0.2, -0.15) is 8.78 Å². The second kappa shape index (κ2) is 11.3. The topological polar surface area (TPSA) is 84.9 Å². The lowest BCUT2D eigenvalue weighted by atomic mass is 10.0. The monoisotopic (exact) mass is 503 g/mol. The zero-order valence-electron chi connectivity index (χ0n) is 18.3. The fourth-order valence-corrected chi connectivity index (χ4v) is 3.63. The molecule has 0 radical (unpaired) electrons. The maximum atomic E-state index is 12.9. The van der Waals surface area contributed by atoms with Crippen LogP contribution in [0, 0.1) is 11.8 Å². The lowest BCUT2D eigenvalue weighted by molar-refractivity contribution is -0.377. The van der Waals surface area contributed by atoms with Gasteiger partial charge in [-0.3, -0.25) is 4.79 Å². The number of hydrogen-bond donors (Lipinski definition) is 1. The number of rotatable bonds is 11. The van der Waals surface area contributed by atoms with Crippen LogP contribution in [-0.4, -0.2) is 25.2 Å². The highest BCUT2D eigenvalue weighted by molar-refractivity contribution is 6.35. The average Bonchev–Trinajstić information content (AvgIpc) is 3.58. The van der Waals surface area contributed by atoms with E-state index >= 15 is 0 Å². The van der Waals surface area contributed by atoms with E-state index in [1.165, 1.54) is 18.2 Å². The number of aromatic amines is 1. The molecule has 1 aliphatic carbocycles. The van der Waals surface area contributed by atoms with Gasteiger partial charge in [-0.15, -0.1) is 0 Å². The molecule has 0 spiro atoms. The van der Waals surface area contributed by atoms with Gasteiger partial charge in [0.2, 0.25) is 0 Å². The van der Waals surface area contributed by atoms with E-state index in [4.69, 9.17) is 38.4 Å². The third kappa shape index (κ3) is 7.16. The molecular weight excluding hydrogens is 477 g/mol. The zero-order valence-corrected chi connectivity index (χ0v) is 19.8. The molecule has 1 saturated carbocycles. The first-order valence-electron chi connectivity index (χ1n) is 10.7. The minimum absolute atomic E-state index is 0.0938. The van der Waals surface area contributed by atoms with Crippen molar-refractivity contribution >= 4 is 29.2 Å². The third-order valence-electron chi connectivity index (χ3n) is 5.36. The van der Waals surface area contributed by atoms with Crippen molar-refractivity contribution in [3.05, 3.63) is 51.8 Å². The van der Waals surface area contributed by atoms with Gasteiger partial charge in [0.1, 0.15) is 22.2 Å². The summed E-state index contributed by atoms with van der Waals surface area (Å²) >= 11 is 12.6. The summed E-state index contributed by atoms with van der Waals surface area (Å²) < 4.78 is 41.9. The Morgan fingerprint density at radius 3 is 2.42 bits per heavy atom. The summed E-state index contributed by atoms with van der Waals surface area (Å²) in [6, 6.07) is 3.61. The van der Waals surface area contributed by atoms with Crippen LogP contribution in [0.5, 0.6) is 11.5 Å².